The largest absolute Gasteiger partial charge is 0.370 e. The highest BCUT2D eigenvalue weighted by molar-refractivity contribution is 5.94. The summed E-state index contributed by atoms with van der Waals surface area (Å²) in [6, 6.07) is 8.34. The Kier molecular flexibility index (Phi) is 4.84. The molecule has 2 aliphatic rings. The second kappa shape index (κ2) is 7.02. The van der Waals surface area contributed by atoms with Crippen LogP contribution < -0.4 is 5.73 Å². The van der Waals surface area contributed by atoms with Crippen molar-refractivity contribution in [2.75, 3.05) is 20.1 Å². The molecule has 5 heteroatoms. The van der Waals surface area contributed by atoms with Gasteiger partial charge in [0.25, 0.3) is 5.91 Å². The van der Waals surface area contributed by atoms with Gasteiger partial charge in [-0.05, 0) is 49.8 Å². The van der Waals surface area contributed by atoms with E-state index in [-0.39, 0.29) is 5.91 Å². The van der Waals surface area contributed by atoms with E-state index >= 15 is 0 Å². The average Bonchev–Trinajstić information content (AvgIpc) is 3.44. The topological polar surface area (TPSA) is 61.9 Å². The highest BCUT2D eigenvalue weighted by atomic mass is 16.2. The molecule has 1 aromatic rings. The molecular formula is C18H26N4O. The minimum atomic E-state index is 0.146. The van der Waals surface area contributed by atoms with Crippen LogP contribution >= 0.6 is 0 Å². The van der Waals surface area contributed by atoms with Crippen LogP contribution in [0.2, 0.25) is 0 Å². The fourth-order valence-electron chi connectivity index (χ4n) is 2.97. The third-order valence-corrected chi connectivity index (χ3v) is 4.72. The van der Waals surface area contributed by atoms with Crippen LogP contribution in [0.1, 0.15) is 48.0 Å². The van der Waals surface area contributed by atoms with Gasteiger partial charge in [0.2, 0.25) is 0 Å². The van der Waals surface area contributed by atoms with Crippen molar-refractivity contribution in [1.29, 1.82) is 0 Å². The average molecular weight is 314 g/mol. The zero-order valence-electron chi connectivity index (χ0n) is 13.9. The number of aliphatic imine (C=N–C) groups is 1. The van der Waals surface area contributed by atoms with Gasteiger partial charge >= 0.3 is 0 Å². The van der Waals surface area contributed by atoms with Crippen LogP contribution in [0.3, 0.4) is 0 Å². The minimum Gasteiger partial charge on any atom is -0.370 e. The maximum Gasteiger partial charge on any atom is 0.253 e. The normalized spacial score (nSPS) is 18.8. The summed E-state index contributed by atoms with van der Waals surface area (Å²) in [7, 11) is 2.00. The van der Waals surface area contributed by atoms with Crippen LogP contribution in [0.4, 0.5) is 0 Å². The Balaban J connectivity index is 1.58. The number of likely N-dealkylation sites (tertiary alicyclic amines) is 1. The first-order chi connectivity index (χ1) is 11.1. The van der Waals surface area contributed by atoms with Gasteiger partial charge in [0.05, 0.1) is 6.54 Å². The summed E-state index contributed by atoms with van der Waals surface area (Å²) in [5, 5.41) is 0. The predicted octanol–water partition coefficient (Wildman–Crippen LogP) is 2.22. The SMILES string of the molecule is CN(C(N)=NCc1ccc(C(=O)N2CCCCC2)cc1)C1CC1. The summed E-state index contributed by atoms with van der Waals surface area (Å²) in [5.74, 6) is 0.744. The van der Waals surface area contributed by atoms with Crippen LogP contribution in [0.25, 0.3) is 0 Å². The van der Waals surface area contributed by atoms with Crippen LogP contribution in [0.5, 0.6) is 0 Å². The number of hydrogen-bond acceptors (Lipinski definition) is 2. The van der Waals surface area contributed by atoms with E-state index in [2.05, 4.69) is 4.99 Å². The summed E-state index contributed by atoms with van der Waals surface area (Å²) < 4.78 is 0. The van der Waals surface area contributed by atoms with Crippen molar-refractivity contribution in [2.45, 2.75) is 44.7 Å². The molecule has 0 atom stereocenters. The van der Waals surface area contributed by atoms with E-state index in [4.69, 9.17) is 5.73 Å². The van der Waals surface area contributed by atoms with Crippen molar-refractivity contribution in [3.63, 3.8) is 0 Å². The number of hydrogen-bond donors (Lipinski definition) is 1. The molecule has 0 bridgehead atoms. The number of nitrogens with zero attached hydrogens (tertiary/aromatic N) is 3. The summed E-state index contributed by atoms with van der Waals surface area (Å²) >= 11 is 0. The second-order valence-corrected chi connectivity index (χ2v) is 6.57. The van der Waals surface area contributed by atoms with Gasteiger partial charge in [0.1, 0.15) is 0 Å². The first-order valence-electron chi connectivity index (χ1n) is 8.56. The van der Waals surface area contributed by atoms with Gasteiger partial charge in [-0.25, -0.2) is 4.99 Å². The lowest BCUT2D eigenvalue weighted by Gasteiger charge is -2.26. The van der Waals surface area contributed by atoms with Crippen molar-refractivity contribution in [3.8, 4) is 0 Å². The van der Waals surface area contributed by atoms with Crippen molar-refractivity contribution in [3.05, 3.63) is 35.4 Å². The Hall–Kier alpha value is -2.04. The third-order valence-electron chi connectivity index (χ3n) is 4.72. The molecule has 124 valence electrons. The van der Waals surface area contributed by atoms with Gasteiger partial charge in [-0.15, -0.1) is 0 Å². The maximum absolute atomic E-state index is 12.4. The molecule has 1 aliphatic heterocycles. The molecular weight excluding hydrogens is 288 g/mol. The Morgan fingerprint density at radius 2 is 1.87 bits per heavy atom. The number of rotatable bonds is 4. The molecule has 1 saturated carbocycles. The van der Waals surface area contributed by atoms with Crippen molar-refractivity contribution in [2.24, 2.45) is 10.7 Å². The van der Waals surface area contributed by atoms with E-state index in [1.54, 1.807) is 0 Å². The van der Waals surface area contributed by atoms with Crippen LogP contribution in [-0.4, -0.2) is 47.8 Å². The predicted molar refractivity (Wildman–Crippen MR) is 92.3 cm³/mol. The van der Waals surface area contributed by atoms with E-state index in [0.29, 0.717) is 18.5 Å². The molecule has 2 fully saturated rings. The van der Waals surface area contributed by atoms with E-state index < -0.39 is 0 Å². The lowest BCUT2D eigenvalue weighted by atomic mass is 10.1. The fraction of sp³-hybridized carbons (Fsp3) is 0.556. The van der Waals surface area contributed by atoms with Crippen molar-refractivity contribution >= 4 is 11.9 Å². The van der Waals surface area contributed by atoms with E-state index in [9.17, 15) is 4.79 Å². The molecule has 5 nitrogen and oxygen atoms in total. The lowest BCUT2D eigenvalue weighted by molar-refractivity contribution is 0.0724. The molecule has 2 N–H and O–H groups in total. The zero-order chi connectivity index (χ0) is 16.2. The first kappa shape index (κ1) is 15.8. The Morgan fingerprint density at radius 3 is 2.48 bits per heavy atom. The maximum atomic E-state index is 12.4. The highest BCUT2D eigenvalue weighted by Gasteiger charge is 2.27. The minimum absolute atomic E-state index is 0.146. The van der Waals surface area contributed by atoms with Crippen LogP contribution in [-0.2, 0) is 6.54 Å². The molecule has 3 rings (SSSR count). The number of carbonyl (C=O) groups is 1. The summed E-state index contributed by atoms with van der Waals surface area (Å²) in [6.07, 6.45) is 5.89. The van der Waals surface area contributed by atoms with Crippen LogP contribution in [0.15, 0.2) is 29.3 Å². The number of carbonyl (C=O) groups excluding carboxylic acids is 1. The number of piperidine rings is 1. The Bertz CT molecular complexity index is 571. The van der Waals surface area contributed by atoms with E-state index in [1.807, 2.05) is 41.1 Å². The summed E-state index contributed by atoms with van der Waals surface area (Å²) in [5.41, 5.74) is 7.84. The smallest absolute Gasteiger partial charge is 0.253 e. The Morgan fingerprint density at radius 1 is 1.22 bits per heavy atom. The van der Waals surface area contributed by atoms with Gasteiger partial charge in [-0.1, -0.05) is 12.1 Å². The van der Waals surface area contributed by atoms with Gasteiger partial charge in [-0.2, -0.15) is 0 Å². The second-order valence-electron chi connectivity index (χ2n) is 6.57. The molecule has 1 heterocycles. The van der Waals surface area contributed by atoms with Crippen LogP contribution in [0, 0.1) is 0 Å². The molecule has 1 aliphatic carbocycles. The molecule has 0 radical (unpaired) electrons. The monoisotopic (exact) mass is 314 g/mol. The summed E-state index contributed by atoms with van der Waals surface area (Å²) in [6.45, 7) is 2.32. The number of amides is 1. The molecule has 23 heavy (non-hydrogen) atoms. The highest BCUT2D eigenvalue weighted by Crippen LogP contribution is 2.25. The van der Waals surface area contributed by atoms with Gasteiger partial charge in [-0.3, -0.25) is 4.79 Å². The van der Waals surface area contributed by atoms with Gasteiger partial charge in [0, 0.05) is 31.7 Å². The van der Waals surface area contributed by atoms with Gasteiger partial charge < -0.3 is 15.5 Å². The molecule has 1 saturated heterocycles. The molecule has 0 spiro atoms. The summed E-state index contributed by atoms with van der Waals surface area (Å²) in [4.78, 5) is 20.9. The lowest BCUT2D eigenvalue weighted by Crippen LogP contribution is -2.35. The van der Waals surface area contributed by atoms with Gasteiger partial charge in [0.15, 0.2) is 5.96 Å². The molecule has 1 amide bonds. The standard InChI is InChI=1S/C18H26N4O/c1-21(16-9-10-16)18(19)20-13-14-5-7-15(8-6-14)17(23)22-11-3-2-4-12-22/h5-8,16H,2-4,9-13H2,1H3,(H2,19,20). The molecule has 0 aromatic heterocycles. The van der Waals surface area contributed by atoms with Crippen molar-refractivity contribution in [1.82, 2.24) is 9.80 Å². The quantitative estimate of drug-likeness (QED) is 0.685. The number of benzene rings is 1. The first-order valence-corrected chi connectivity index (χ1v) is 8.56. The Labute approximate surface area is 138 Å². The van der Waals surface area contributed by atoms with E-state index in [0.717, 1.165) is 37.1 Å². The zero-order valence-corrected chi connectivity index (χ0v) is 13.9. The van der Waals surface area contributed by atoms with E-state index in [1.165, 1.54) is 19.3 Å². The molecule has 0 unspecified atom stereocenters. The molecule has 1 aromatic carbocycles. The number of nitrogens with two attached hydrogens (primary N) is 1. The fourth-order valence-corrected chi connectivity index (χ4v) is 2.97. The number of guanidine groups is 1. The van der Waals surface area contributed by atoms with Crippen molar-refractivity contribution < 1.29 is 4.79 Å². The third kappa shape index (κ3) is 4.03.